The van der Waals surface area contributed by atoms with Gasteiger partial charge in [0.25, 0.3) is 0 Å². The Morgan fingerprint density at radius 2 is 1.66 bits per heavy atom. The van der Waals surface area contributed by atoms with Crippen LogP contribution in [0, 0.1) is 0 Å². The molecule has 1 heterocycles. The molecule has 0 radical (unpaired) electrons. The standard InChI is InChI=1S/C21H24O8/c1-28-16-8-11(4-5-15(16)24)2-3-12-6-13(9-14(23)7-12)21-20(27)19(26)18(25)17(10-22)29-21/h2-9,17-27H,10H2,1H3. The Labute approximate surface area is 167 Å². The number of hydrogen-bond acceptors (Lipinski definition) is 8. The number of hydrogen-bond donors (Lipinski definition) is 6. The molecule has 8 nitrogen and oxygen atoms in total. The van der Waals surface area contributed by atoms with E-state index in [2.05, 4.69) is 0 Å². The van der Waals surface area contributed by atoms with Crippen molar-refractivity contribution in [1.29, 1.82) is 0 Å². The van der Waals surface area contributed by atoms with E-state index in [0.29, 0.717) is 16.9 Å². The Bertz CT molecular complexity index is 879. The molecule has 6 N–H and O–H groups in total. The predicted molar refractivity (Wildman–Crippen MR) is 104 cm³/mol. The maximum atomic E-state index is 10.3. The van der Waals surface area contributed by atoms with Gasteiger partial charge in [-0.3, -0.25) is 0 Å². The average Bonchev–Trinajstić information content (AvgIpc) is 2.71. The minimum atomic E-state index is -1.50. The van der Waals surface area contributed by atoms with Gasteiger partial charge < -0.3 is 40.1 Å². The molecule has 29 heavy (non-hydrogen) atoms. The molecule has 5 atom stereocenters. The highest BCUT2D eigenvalue weighted by Gasteiger charge is 2.44. The largest absolute Gasteiger partial charge is 0.508 e. The lowest BCUT2D eigenvalue weighted by atomic mass is 9.90. The monoisotopic (exact) mass is 404 g/mol. The first-order valence-corrected chi connectivity index (χ1v) is 9.03. The lowest BCUT2D eigenvalue weighted by Crippen LogP contribution is -2.55. The summed E-state index contributed by atoms with van der Waals surface area (Å²) in [7, 11) is 1.45. The molecule has 8 heteroatoms. The first kappa shape index (κ1) is 21.1. The number of rotatable bonds is 5. The number of aliphatic hydroxyl groups excluding tert-OH is 4. The highest BCUT2D eigenvalue weighted by molar-refractivity contribution is 5.71. The van der Waals surface area contributed by atoms with Crippen LogP contribution in [0.25, 0.3) is 12.2 Å². The van der Waals surface area contributed by atoms with Crippen LogP contribution in [0.3, 0.4) is 0 Å². The van der Waals surface area contributed by atoms with Crippen LogP contribution in [-0.2, 0) is 4.74 Å². The third kappa shape index (κ3) is 4.52. The molecule has 5 unspecified atom stereocenters. The molecule has 1 aliphatic rings. The van der Waals surface area contributed by atoms with E-state index in [-0.39, 0.29) is 11.5 Å². The fourth-order valence-corrected chi connectivity index (χ4v) is 3.29. The van der Waals surface area contributed by atoms with Gasteiger partial charge in [-0.25, -0.2) is 0 Å². The van der Waals surface area contributed by atoms with Crippen molar-refractivity contribution in [2.75, 3.05) is 13.7 Å². The maximum Gasteiger partial charge on any atom is 0.161 e. The van der Waals surface area contributed by atoms with Gasteiger partial charge in [0.1, 0.15) is 36.3 Å². The van der Waals surface area contributed by atoms with Crippen LogP contribution in [0.5, 0.6) is 17.2 Å². The highest BCUT2D eigenvalue weighted by atomic mass is 16.5. The molecule has 2 aromatic carbocycles. The Hall–Kier alpha value is -2.62. The van der Waals surface area contributed by atoms with Crippen LogP contribution in [0.15, 0.2) is 36.4 Å². The van der Waals surface area contributed by atoms with E-state index >= 15 is 0 Å². The summed E-state index contributed by atoms with van der Waals surface area (Å²) in [6.07, 6.45) is -3.02. The molecule has 0 saturated carbocycles. The number of aliphatic hydroxyl groups is 4. The lowest BCUT2D eigenvalue weighted by molar-refractivity contribution is -0.231. The third-order valence-corrected chi connectivity index (χ3v) is 4.86. The van der Waals surface area contributed by atoms with Crippen LogP contribution in [0.4, 0.5) is 0 Å². The molecule has 0 spiro atoms. The molecule has 0 bridgehead atoms. The summed E-state index contributed by atoms with van der Waals surface area (Å²) in [5.74, 6) is 0.263. The third-order valence-electron chi connectivity index (χ3n) is 4.86. The zero-order valence-corrected chi connectivity index (χ0v) is 15.7. The van der Waals surface area contributed by atoms with Crippen molar-refractivity contribution < 1.29 is 40.1 Å². The molecule has 3 rings (SSSR count). The van der Waals surface area contributed by atoms with E-state index in [1.54, 1.807) is 30.4 Å². The van der Waals surface area contributed by atoms with E-state index < -0.39 is 37.1 Å². The number of benzene rings is 2. The van der Waals surface area contributed by atoms with Gasteiger partial charge >= 0.3 is 0 Å². The van der Waals surface area contributed by atoms with Crippen molar-refractivity contribution in [3.63, 3.8) is 0 Å². The van der Waals surface area contributed by atoms with Gasteiger partial charge in [0.15, 0.2) is 11.5 Å². The second-order valence-corrected chi connectivity index (χ2v) is 6.87. The number of phenolic OH excluding ortho intramolecular Hbond substituents is 2. The van der Waals surface area contributed by atoms with Gasteiger partial charge in [-0.05, 0) is 47.0 Å². The van der Waals surface area contributed by atoms with Crippen molar-refractivity contribution in [1.82, 2.24) is 0 Å². The number of ether oxygens (including phenoxy) is 2. The van der Waals surface area contributed by atoms with Gasteiger partial charge in [-0.2, -0.15) is 0 Å². The summed E-state index contributed by atoms with van der Waals surface area (Å²) in [5, 5.41) is 59.3. The molecular weight excluding hydrogens is 380 g/mol. The molecule has 1 aliphatic heterocycles. The first-order chi connectivity index (χ1) is 13.8. The van der Waals surface area contributed by atoms with Crippen LogP contribution in [-0.4, -0.2) is 68.8 Å². The zero-order chi connectivity index (χ0) is 21.1. The van der Waals surface area contributed by atoms with Gasteiger partial charge in [0.2, 0.25) is 0 Å². The topological polar surface area (TPSA) is 140 Å². The van der Waals surface area contributed by atoms with Crippen LogP contribution >= 0.6 is 0 Å². The van der Waals surface area contributed by atoms with E-state index in [1.807, 2.05) is 0 Å². The van der Waals surface area contributed by atoms with Crippen LogP contribution < -0.4 is 4.74 Å². The fourth-order valence-electron chi connectivity index (χ4n) is 3.29. The van der Waals surface area contributed by atoms with E-state index in [4.69, 9.17) is 9.47 Å². The highest BCUT2D eigenvalue weighted by Crippen LogP contribution is 2.35. The summed E-state index contributed by atoms with van der Waals surface area (Å²) >= 11 is 0. The first-order valence-electron chi connectivity index (χ1n) is 9.03. The Balaban J connectivity index is 1.88. The second kappa shape index (κ2) is 8.81. The van der Waals surface area contributed by atoms with Crippen molar-refractivity contribution >= 4 is 12.2 Å². The molecule has 1 fully saturated rings. The van der Waals surface area contributed by atoms with Gasteiger partial charge in [-0.15, -0.1) is 0 Å². The molecule has 0 amide bonds. The summed E-state index contributed by atoms with van der Waals surface area (Å²) < 4.78 is 10.6. The normalized spacial score (nSPS) is 27.3. The average molecular weight is 404 g/mol. The minimum absolute atomic E-state index is 0.0203. The molecule has 1 saturated heterocycles. The summed E-state index contributed by atoms with van der Waals surface area (Å²) in [6.45, 7) is -0.532. The van der Waals surface area contributed by atoms with Gasteiger partial charge in [0.05, 0.1) is 13.7 Å². The predicted octanol–water partition coefficient (Wildman–Crippen LogP) is 0.792. The van der Waals surface area contributed by atoms with Crippen molar-refractivity contribution in [3.8, 4) is 17.2 Å². The molecule has 0 aliphatic carbocycles. The van der Waals surface area contributed by atoms with Gasteiger partial charge in [-0.1, -0.05) is 18.2 Å². The maximum absolute atomic E-state index is 10.3. The van der Waals surface area contributed by atoms with Crippen molar-refractivity contribution in [2.45, 2.75) is 30.5 Å². The summed E-state index contributed by atoms with van der Waals surface area (Å²) in [6, 6.07) is 9.37. The molecule has 156 valence electrons. The van der Waals surface area contributed by atoms with E-state index in [1.165, 1.54) is 25.3 Å². The number of aromatic hydroxyl groups is 2. The molecular formula is C21H24O8. The Kier molecular flexibility index (Phi) is 6.41. The van der Waals surface area contributed by atoms with Crippen LogP contribution in [0.1, 0.15) is 22.8 Å². The SMILES string of the molecule is COc1cc(C=Cc2cc(O)cc(C3OC(CO)C(O)C(O)C3O)c2)ccc1O. The van der Waals surface area contributed by atoms with Crippen LogP contribution in [0.2, 0.25) is 0 Å². The minimum Gasteiger partial charge on any atom is -0.508 e. The van der Waals surface area contributed by atoms with Crippen molar-refractivity contribution in [2.24, 2.45) is 0 Å². The summed E-state index contributed by atoms with van der Waals surface area (Å²) in [5.41, 5.74) is 1.71. The lowest BCUT2D eigenvalue weighted by Gasteiger charge is -2.40. The molecule has 2 aromatic rings. The zero-order valence-electron chi connectivity index (χ0n) is 15.7. The molecule has 0 aromatic heterocycles. The Morgan fingerprint density at radius 3 is 2.34 bits per heavy atom. The summed E-state index contributed by atoms with van der Waals surface area (Å²) in [4.78, 5) is 0. The van der Waals surface area contributed by atoms with E-state index in [0.717, 1.165) is 5.56 Å². The number of phenols is 2. The number of methoxy groups -OCH3 is 1. The second-order valence-electron chi connectivity index (χ2n) is 6.87. The van der Waals surface area contributed by atoms with Crippen molar-refractivity contribution in [3.05, 3.63) is 53.1 Å². The van der Waals surface area contributed by atoms with E-state index in [9.17, 15) is 30.6 Å². The smallest absolute Gasteiger partial charge is 0.161 e. The van der Waals surface area contributed by atoms with Gasteiger partial charge in [0, 0.05) is 0 Å². The quantitative estimate of drug-likeness (QED) is 0.402. The Morgan fingerprint density at radius 1 is 0.931 bits per heavy atom. The fraction of sp³-hybridized carbons (Fsp3) is 0.333.